The number of halogens is 1. The monoisotopic (exact) mass is 591 g/mol. The fraction of sp³-hybridized carbons (Fsp3) is 0.303. The SMILES string of the molecule is Cc1ccnc(Oc2ccc(-c3c4n(c5ncnc(N)c35)CCCc3cc(C#C[Si](C)(C)C(C)(C)C)ncc3-4)cc2F)n1. The second-order valence-corrected chi connectivity index (χ2v) is 17.5. The van der Waals surface area contributed by atoms with Crippen LogP contribution in [0.15, 0.2) is 49.1 Å². The number of pyridine rings is 1. The van der Waals surface area contributed by atoms with E-state index in [1.807, 2.05) is 19.2 Å². The van der Waals surface area contributed by atoms with Crippen LogP contribution in [-0.2, 0) is 13.0 Å². The van der Waals surface area contributed by atoms with E-state index in [1.54, 1.807) is 18.3 Å². The molecule has 8 nitrogen and oxygen atoms in total. The molecule has 0 radical (unpaired) electrons. The number of nitrogen functional groups attached to an aromatic ring is 1. The van der Waals surface area contributed by atoms with E-state index in [-0.39, 0.29) is 16.8 Å². The number of aryl methyl sites for hydroxylation is 3. The lowest BCUT2D eigenvalue weighted by atomic mass is 9.95. The molecule has 4 aromatic heterocycles. The molecule has 0 amide bonds. The van der Waals surface area contributed by atoms with Gasteiger partial charge in [0.2, 0.25) is 0 Å². The molecule has 0 bridgehead atoms. The van der Waals surface area contributed by atoms with Gasteiger partial charge in [0.1, 0.15) is 31.6 Å². The maximum absolute atomic E-state index is 15.6. The minimum Gasteiger partial charge on any atom is -0.421 e. The first-order valence-electron chi connectivity index (χ1n) is 14.4. The average molecular weight is 592 g/mol. The number of benzene rings is 1. The van der Waals surface area contributed by atoms with Crippen molar-refractivity contribution >= 4 is 24.9 Å². The van der Waals surface area contributed by atoms with Gasteiger partial charge in [-0.05, 0) is 60.2 Å². The van der Waals surface area contributed by atoms with Crippen LogP contribution in [0.25, 0.3) is 33.4 Å². The van der Waals surface area contributed by atoms with Crippen LogP contribution in [0, 0.1) is 24.2 Å². The lowest BCUT2D eigenvalue weighted by Gasteiger charge is -2.31. The van der Waals surface area contributed by atoms with Crippen molar-refractivity contribution in [1.82, 2.24) is 29.5 Å². The molecule has 0 unspecified atom stereocenters. The number of hydrogen-bond acceptors (Lipinski definition) is 7. The van der Waals surface area contributed by atoms with E-state index < -0.39 is 13.9 Å². The van der Waals surface area contributed by atoms with Gasteiger partial charge in [-0.3, -0.25) is 0 Å². The molecule has 43 heavy (non-hydrogen) atoms. The summed E-state index contributed by atoms with van der Waals surface area (Å²) in [6, 6.07) is 8.78. The normalized spacial score (nSPS) is 13.1. The molecule has 0 aliphatic carbocycles. The summed E-state index contributed by atoms with van der Waals surface area (Å²) < 4.78 is 23.4. The van der Waals surface area contributed by atoms with Crippen LogP contribution < -0.4 is 10.5 Å². The summed E-state index contributed by atoms with van der Waals surface area (Å²) in [4.78, 5) is 22.0. The first-order chi connectivity index (χ1) is 20.4. The van der Waals surface area contributed by atoms with Gasteiger partial charge in [-0.15, -0.1) is 5.54 Å². The Morgan fingerprint density at radius 3 is 2.63 bits per heavy atom. The second-order valence-electron chi connectivity index (χ2n) is 12.5. The van der Waals surface area contributed by atoms with Crippen LogP contribution in [0.3, 0.4) is 0 Å². The van der Waals surface area contributed by atoms with Crippen molar-refractivity contribution in [3.8, 4) is 45.6 Å². The lowest BCUT2D eigenvalue weighted by Crippen LogP contribution is -2.35. The average Bonchev–Trinajstić information content (AvgIpc) is 3.16. The largest absolute Gasteiger partial charge is 0.421 e. The number of rotatable bonds is 3. The lowest BCUT2D eigenvalue weighted by molar-refractivity contribution is 0.410. The molecule has 0 saturated carbocycles. The molecule has 0 saturated heterocycles. The molecule has 1 aliphatic rings. The molecule has 1 aliphatic heterocycles. The molecule has 0 atom stereocenters. The van der Waals surface area contributed by atoms with Crippen LogP contribution in [0.1, 0.15) is 44.1 Å². The Hall–Kier alpha value is -4.62. The Morgan fingerprint density at radius 2 is 1.88 bits per heavy atom. The zero-order valence-corrected chi connectivity index (χ0v) is 26.3. The Morgan fingerprint density at radius 1 is 1.07 bits per heavy atom. The van der Waals surface area contributed by atoms with Crippen molar-refractivity contribution in [2.24, 2.45) is 0 Å². The highest BCUT2D eigenvalue weighted by molar-refractivity contribution is 6.87. The molecule has 5 aromatic rings. The highest BCUT2D eigenvalue weighted by Crippen LogP contribution is 2.45. The van der Waals surface area contributed by atoms with Crippen LogP contribution >= 0.6 is 0 Å². The van der Waals surface area contributed by atoms with Crippen molar-refractivity contribution in [1.29, 1.82) is 0 Å². The molecule has 2 N–H and O–H groups in total. The Labute approximate surface area is 251 Å². The van der Waals surface area contributed by atoms with Crippen molar-refractivity contribution in [3.63, 3.8) is 0 Å². The molecule has 0 fully saturated rings. The van der Waals surface area contributed by atoms with E-state index in [1.165, 1.54) is 12.4 Å². The summed E-state index contributed by atoms with van der Waals surface area (Å²) >= 11 is 0. The molecule has 1 aromatic carbocycles. The predicted octanol–water partition coefficient (Wildman–Crippen LogP) is 7.12. The van der Waals surface area contributed by atoms with E-state index in [0.29, 0.717) is 22.4 Å². The number of nitrogens with two attached hydrogens (primary N) is 1. The fourth-order valence-electron chi connectivity index (χ4n) is 5.11. The zero-order chi connectivity index (χ0) is 30.5. The van der Waals surface area contributed by atoms with Gasteiger partial charge in [0.05, 0.1) is 11.1 Å². The van der Waals surface area contributed by atoms with E-state index >= 15 is 4.39 Å². The number of anilines is 1. The molecular weight excluding hydrogens is 557 g/mol. The summed E-state index contributed by atoms with van der Waals surface area (Å²) in [6.07, 6.45) is 6.68. The van der Waals surface area contributed by atoms with Gasteiger partial charge in [0.15, 0.2) is 11.6 Å². The van der Waals surface area contributed by atoms with E-state index in [9.17, 15) is 0 Å². The third-order valence-electron chi connectivity index (χ3n) is 8.51. The third-order valence-corrected chi connectivity index (χ3v) is 13.0. The Kier molecular flexibility index (Phi) is 7.01. The highest BCUT2D eigenvalue weighted by atomic mass is 28.3. The maximum Gasteiger partial charge on any atom is 0.322 e. The van der Waals surface area contributed by atoms with Crippen molar-refractivity contribution in [3.05, 3.63) is 71.8 Å². The van der Waals surface area contributed by atoms with Gasteiger partial charge in [0.25, 0.3) is 0 Å². The second kappa shape index (κ2) is 10.6. The minimum atomic E-state index is -1.80. The summed E-state index contributed by atoms with van der Waals surface area (Å²) in [5.41, 5.74) is 16.6. The Bertz CT molecular complexity index is 1950. The number of fused-ring (bicyclic) bond motifs is 5. The van der Waals surface area contributed by atoms with Crippen LogP contribution in [0.4, 0.5) is 10.2 Å². The first-order valence-corrected chi connectivity index (χ1v) is 17.4. The minimum absolute atomic E-state index is 0.0280. The molecule has 0 spiro atoms. The standard InChI is InChI=1S/C33H34FN7OSi/c1-20-11-13-36-32(40-20)42-26-10-9-22(17-25(26)34)27-28-30(35)38-19-39-31(28)41-14-7-8-21-16-23(37-18-24(21)29(27)41)12-15-43(5,6)33(2,3)4/h9-11,13,16-19H,7-8,14H2,1-6H3,(H2,35,38,39). The number of aromatic nitrogens is 6. The van der Waals surface area contributed by atoms with Gasteiger partial charge < -0.3 is 15.0 Å². The van der Waals surface area contributed by atoms with Crippen molar-refractivity contribution < 1.29 is 9.13 Å². The summed E-state index contributed by atoms with van der Waals surface area (Å²) in [7, 11) is -1.80. The molecule has 6 rings (SSSR count). The number of nitrogens with zero attached hydrogens (tertiary/aromatic N) is 6. The topological polar surface area (TPSA) is 105 Å². The van der Waals surface area contributed by atoms with Gasteiger partial charge in [-0.1, -0.05) is 45.9 Å². The number of ether oxygens (including phenoxy) is 1. The van der Waals surface area contributed by atoms with Gasteiger partial charge in [-0.2, -0.15) is 0 Å². The first kappa shape index (κ1) is 28.5. The quantitative estimate of drug-likeness (QED) is 0.176. The van der Waals surface area contributed by atoms with Crippen molar-refractivity contribution in [2.45, 2.75) is 65.2 Å². The Balaban J connectivity index is 1.49. The summed E-state index contributed by atoms with van der Waals surface area (Å²) in [5, 5.41) is 0.841. The molecule has 5 heterocycles. The molecular formula is C33H34FN7OSi. The third kappa shape index (κ3) is 5.25. The van der Waals surface area contributed by atoms with E-state index in [0.717, 1.165) is 53.2 Å². The molecule has 218 valence electrons. The van der Waals surface area contributed by atoms with Gasteiger partial charge in [0, 0.05) is 35.8 Å². The smallest absolute Gasteiger partial charge is 0.322 e. The van der Waals surface area contributed by atoms with Crippen molar-refractivity contribution in [2.75, 3.05) is 5.73 Å². The van der Waals surface area contributed by atoms with E-state index in [2.05, 4.69) is 75.9 Å². The zero-order valence-electron chi connectivity index (χ0n) is 25.3. The maximum atomic E-state index is 15.6. The predicted molar refractivity (Wildman–Crippen MR) is 170 cm³/mol. The van der Waals surface area contributed by atoms with Crippen LogP contribution in [0.5, 0.6) is 11.8 Å². The highest BCUT2D eigenvalue weighted by Gasteiger charge is 2.34. The number of hydrogen-bond donors (Lipinski definition) is 1. The van der Waals surface area contributed by atoms with Gasteiger partial charge in [-0.25, -0.2) is 29.3 Å². The van der Waals surface area contributed by atoms with Gasteiger partial charge >= 0.3 is 6.01 Å². The summed E-state index contributed by atoms with van der Waals surface area (Å²) in [5.74, 6) is 3.20. The van der Waals surface area contributed by atoms with Crippen LogP contribution in [0.2, 0.25) is 18.1 Å². The summed E-state index contributed by atoms with van der Waals surface area (Å²) in [6.45, 7) is 13.9. The van der Waals surface area contributed by atoms with Crippen LogP contribution in [-0.4, -0.2) is 37.6 Å². The molecule has 10 heteroatoms. The fourth-order valence-corrected chi connectivity index (χ4v) is 5.92. The van der Waals surface area contributed by atoms with E-state index in [4.69, 9.17) is 15.5 Å².